The second-order valence-electron chi connectivity index (χ2n) is 8.76. The van der Waals surface area contributed by atoms with Gasteiger partial charge in [0.1, 0.15) is 11.0 Å². The number of aryl methyl sites for hydroxylation is 1. The maximum Gasteiger partial charge on any atom is 0.192 e. The molecular formula is C19H33NO2SSi. The first-order valence-electron chi connectivity index (χ1n) is 8.45. The van der Waals surface area contributed by atoms with Crippen LogP contribution in [0, 0.1) is 6.92 Å². The van der Waals surface area contributed by atoms with E-state index in [1.807, 2.05) is 39.0 Å². The smallest absolute Gasteiger partial charge is 0.192 e. The minimum absolute atomic E-state index is 0.132. The van der Waals surface area contributed by atoms with E-state index in [9.17, 15) is 4.21 Å². The summed E-state index contributed by atoms with van der Waals surface area (Å²) >= 11 is 0. The van der Waals surface area contributed by atoms with Crippen LogP contribution in [0.5, 0.6) is 0 Å². The monoisotopic (exact) mass is 367 g/mol. The van der Waals surface area contributed by atoms with Crippen molar-refractivity contribution in [3.8, 4) is 0 Å². The molecule has 0 aliphatic carbocycles. The molecule has 5 heteroatoms. The van der Waals surface area contributed by atoms with Gasteiger partial charge >= 0.3 is 0 Å². The average molecular weight is 368 g/mol. The summed E-state index contributed by atoms with van der Waals surface area (Å²) in [7, 11) is -3.20. The fourth-order valence-corrected chi connectivity index (χ4v) is 3.31. The van der Waals surface area contributed by atoms with Crippen LogP contribution >= 0.6 is 0 Å². The van der Waals surface area contributed by atoms with E-state index >= 15 is 0 Å². The molecule has 0 aliphatic heterocycles. The fraction of sp³-hybridized carbons (Fsp3) is 0.632. The molecule has 0 saturated carbocycles. The first kappa shape index (κ1) is 21.3. The van der Waals surface area contributed by atoms with Crippen LogP contribution in [0.15, 0.2) is 28.7 Å². The Bertz CT molecular complexity index is 625. The molecule has 0 bridgehead atoms. The van der Waals surface area contributed by atoms with Crippen LogP contribution in [0.25, 0.3) is 0 Å². The average Bonchev–Trinajstić information content (AvgIpc) is 2.41. The Morgan fingerprint density at radius 1 is 1.12 bits per heavy atom. The van der Waals surface area contributed by atoms with Crippen LogP contribution in [0.4, 0.5) is 0 Å². The lowest BCUT2D eigenvalue weighted by molar-refractivity contribution is 0.340. The summed E-state index contributed by atoms with van der Waals surface area (Å²) in [5, 5.41) is 0.132. The van der Waals surface area contributed by atoms with Crippen molar-refractivity contribution in [2.75, 3.05) is 6.61 Å². The number of benzene rings is 1. The van der Waals surface area contributed by atoms with Crippen LogP contribution < -0.4 is 0 Å². The molecule has 0 spiro atoms. The fourth-order valence-electron chi connectivity index (χ4n) is 1.75. The summed E-state index contributed by atoms with van der Waals surface area (Å²) in [6, 6.07) is 8.08. The molecule has 0 aliphatic rings. The van der Waals surface area contributed by atoms with Gasteiger partial charge in [0.05, 0.1) is 17.1 Å². The van der Waals surface area contributed by atoms with Gasteiger partial charge in [0, 0.05) is 5.56 Å². The Morgan fingerprint density at radius 2 is 1.67 bits per heavy atom. The van der Waals surface area contributed by atoms with Crippen molar-refractivity contribution in [3.05, 3.63) is 35.4 Å². The molecule has 0 amide bonds. The largest absolute Gasteiger partial charge is 0.411 e. The van der Waals surface area contributed by atoms with Gasteiger partial charge in [0.15, 0.2) is 8.32 Å². The highest BCUT2D eigenvalue weighted by molar-refractivity contribution is 7.85. The molecule has 0 saturated heterocycles. The van der Waals surface area contributed by atoms with E-state index in [1.54, 1.807) is 0 Å². The number of hydrogen-bond acceptors (Lipinski definition) is 2. The second-order valence-corrected chi connectivity index (χ2v) is 15.5. The summed E-state index contributed by atoms with van der Waals surface area (Å²) in [6.45, 7) is 19.4. The second kappa shape index (κ2) is 7.62. The van der Waals surface area contributed by atoms with Crippen molar-refractivity contribution in [2.24, 2.45) is 4.40 Å². The molecule has 0 heterocycles. The Balaban J connectivity index is 3.20. The molecule has 1 atom stereocenters. The normalized spacial score (nSPS) is 15.5. The quantitative estimate of drug-likeness (QED) is 0.525. The Labute approximate surface area is 151 Å². The maximum absolute atomic E-state index is 12.6. The first-order valence-corrected chi connectivity index (χ1v) is 12.5. The molecule has 1 aromatic carbocycles. The summed E-state index contributed by atoms with van der Waals surface area (Å²) in [5.74, 6) is 0. The Kier molecular flexibility index (Phi) is 6.75. The van der Waals surface area contributed by atoms with Gasteiger partial charge in [-0.05, 0) is 51.4 Å². The Hall–Kier alpha value is -0.783. The van der Waals surface area contributed by atoms with E-state index in [4.69, 9.17) is 4.43 Å². The minimum Gasteiger partial charge on any atom is -0.411 e. The molecular weight excluding hydrogens is 334 g/mol. The molecule has 1 aromatic rings. The van der Waals surface area contributed by atoms with E-state index in [2.05, 4.69) is 51.3 Å². The summed E-state index contributed by atoms with van der Waals surface area (Å²) in [5.41, 5.74) is 2.93. The maximum atomic E-state index is 12.6. The molecule has 0 radical (unpaired) electrons. The van der Waals surface area contributed by atoms with E-state index in [0.717, 1.165) is 16.8 Å². The molecule has 1 rings (SSSR count). The van der Waals surface area contributed by atoms with Gasteiger partial charge < -0.3 is 4.43 Å². The van der Waals surface area contributed by atoms with Crippen LogP contribution in [0.1, 0.15) is 52.7 Å². The lowest BCUT2D eigenvalue weighted by atomic mass is 10.1. The van der Waals surface area contributed by atoms with Crippen LogP contribution in [-0.2, 0) is 15.4 Å². The molecule has 0 fully saturated rings. The highest BCUT2D eigenvalue weighted by Crippen LogP contribution is 2.36. The zero-order valence-corrected chi connectivity index (χ0v) is 18.5. The molecule has 0 unspecified atom stereocenters. The van der Waals surface area contributed by atoms with Crippen molar-refractivity contribution < 1.29 is 8.63 Å². The van der Waals surface area contributed by atoms with E-state index in [1.165, 1.54) is 0 Å². The Morgan fingerprint density at radius 3 is 2.12 bits per heavy atom. The summed E-state index contributed by atoms with van der Waals surface area (Å²) < 4.78 is 23.1. The van der Waals surface area contributed by atoms with Crippen molar-refractivity contribution in [2.45, 2.75) is 71.3 Å². The minimum atomic E-state index is -1.89. The third-order valence-electron chi connectivity index (χ3n) is 4.55. The van der Waals surface area contributed by atoms with Gasteiger partial charge in [-0.25, -0.2) is 4.21 Å². The van der Waals surface area contributed by atoms with Crippen LogP contribution in [0.3, 0.4) is 0 Å². The highest BCUT2D eigenvalue weighted by Gasteiger charge is 2.37. The van der Waals surface area contributed by atoms with Crippen molar-refractivity contribution >= 4 is 25.0 Å². The lowest BCUT2D eigenvalue weighted by Gasteiger charge is -2.36. The summed E-state index contributed by atoms with van der Waals surface area (Å²) in [4.78, 5) is 0. The topological polar surface area (TPSA) is 38.7 Å². The number of rotatable bonds is 5. The van der Waals surface area contributed by atoms with Crippen molar-refractivity contribution in [1.29, 1.82) is 0 Å². The predicted octanol–water partition coefficient (Wildman–Crippen LogP) is 5.27. The molecule has 136 valence electrons. The van der Waals surface area contributed by atoms with Gasteiger partial charge in [-0.1, -0.05) is 45.0 Å². The highest BCUT2D eigenvalue weighted by atomic mass is 32.2. The standard InChI is InChI=1S/C19H33NO2SSi/c1-15-12-10-11-13-16(15)17(20-23(21)18(2,3)4)14-22-24(8,9)19(5,6)7/h10-13H,14H2,1-9H3/b20-17-/t23-/m1/s1. The molecule has 3 nitrogen and oxygen atoms in total. The molecule has 0 N–H and O–H groups in total. The van der Waals surface area contributed by atoms with Gasteiger partial charge in [0.2, 0.25) is 0 Å². The van der Waals surface area contributed by atoms with Crippen molar-refractivity contribution in [1.82, 2.24) is 0 Å². The third kappa shape index (κ3) is 5.64. The van der Waals surface area contributed by atoms with Crippen molar-refractivity contribution in [3.63, 3.8) is 0 Å². The van der Waals surface area contributed by atoms with Gasteiger partial charge in [-0.15, -0.1) is 0 Å². The zero-order valence-electron chi connectivity index (χ0n) is 16.7. The van der Waals surface area contributed by atoms with Gasteiger partial charge in [-0.3, -0.25) is 0 Å². The van der Waals surface area contributed by atoms with E-state index in [-0.39, 0.29) is 9.79 Å². The first-order chi connectivity index (χ1) is 10.8. The van der Waals surface area contributed by atoms with E-state index in [0.29, 0.717) is 6.61 Å². The molecule has 0 aromatic heterocycles. The van der Waals surface area contributed by atoms with Gasteiger partial charge in [0.25, 0.3) is 0 Å². The zero-order chi connectivity index (χ0) is 18.8. The van der Waals surface area contributed by atoms with Crippen LogP contribution in [0.2, 0.25) is 18.1 Å². The third-order valence-corrected chi connectivity index (χ3v) is 10.5. The summed E-state index contributed by atoms with van der Waals surface area (Å²) in [6.07, 6.45) is 0. The van der Waals surface area contributed by atoms with Gasteiger partial charge in [-0.2, -0.15) is 4.40 Å². The lowest BCUT2D eigenvalue weighted by Crippen LogP contribution is -2.42. The number of hydrogen-bond donors (Lipinski definition) is 0. The number of nitrogens with zero attached hydrogens (tertiary/aromatic N) is 1. The molecule has 24 heavy (non-hydrogen) atoms. The van der Waals surface area contributed by atoms with E-state index < -0.39 is 19.3 Å². The van der Waals surface area contributed by atoms with Crippen LogP contribution in [-0.4, -0.2) is 29.6 Å². The predicted molar refractivity (Wildman–Crippen MR) is 109 cm³/mol. The SMILES string of the molecule is Cc1ccccc1/C(CO[Si](C)(C)C(C)(C)C)=N\[S@](=O)C(C)(C)C.